The molecule has 1 aliphatic rings. The van der Waals surface area contributed by atoms with E-state index in [9.17, 15) is 31.3 Å². The first-order chi connectivity index (χ1) is 17.2. The quantitative estimate of drug-likeness (QED) is 0.339. The number of halogens is 5. The highest BCUT2D eigenvalue weighted by Crippen LogP contribution is 2.41. The summed E-state index contributed by atoms with van der Waals surface area (Å²) in [4.78, 5) is 17.0. The number of rotatable bonds is 6. The zero-order valence-corrected chi connectivity index (χ0v) is 23.0. The number of nitrogens with one attached hydrogen (secondary N) is 2. The number of fused-ring (bicyclic) bond motifs is 1. The lowest BCUT2D eigenvalue weighted by atomic mass is 9.81. The molecule has 0 unspecified atom stereocenters. The molecule has 2 N–H and O–H groups in total. The number of alkyl halides is 5. The predicted octanol–water partition coefficient (Wildman–Crippen LogP) is 5.78. The molecular formula is C24H34F5N5O3S. The van der Waals surface area contributed by atoms with Crippen molar-refractivity contribution in [3.8, 4) is 0 Å². The summed E-state index contributed by atoms with van der Waals surface area (Å²) in [6.07, 6.45) is -3.59. The van der Waals surface area contributed by atoms with Crippen molar-refractivity contribution in [1.82, 2.24) is 24.6 Å². The lowest BCUT2D eigenvalue weighted by Gasteiger charge is -2.33. The standard InChI is InChI=1S/C24H34F5N5O3S/c1-21(2,3)37-20(35)32-18(14-7-9-23(25,26)10-8-14)16-13-34-17(31-16)11-15(12-30-34)19(24(27,28)29)33-38(36)22(4,5)6/h11-14,18-19,33H,7-10H2,1-6H3,(H,32,35)/t18-,19-,38+/m0/s1. The molecule has 3 rings (SSSR count). The van der Waals surface area contributed by atoms with Crippen LogP contribution in [-0.2, 0) is 16.1 Å². The van der Waals surface area contributed by atoms with Gasteiger partial charge in [-0.05, 0) is 66.4 Å². The van der Waals surface area contributed by atoms with Crippen LogP contribution in [0.3, 0.4) is 0 Å². The van der Waals surface area contributed by atoms with E-state index in [0.29, 0.717) is 0 Å². The van der Waals surface area contributed by atoms with Crippen molar-refractivity contribution >= 4 is 23.1 Å². The molecule has 0 saturated heterocycles. The van der Waals surface area contributed by atoms with Gasteiger partial charge in [-0.1, -0.05) is 0 Å². The largest absolute Gasteiger partial charge is 0.598 e. The summed E-state index contributed by atoms with van der Waals surface area (Å²) < 4.78 is 89.5. The second-order valence-corrected chi connectivity index (χ2v) is 13.5. The van der Waals surface area contributed by atoms with Crippen LogP contribution in [0.15, 0.2) is 18.5 Å². The molecule has 38 heavy (non-hydrogen) atoms. The van der Waals surface area contributed by atoms with E-state index in [1.807, 2.05) is 0 Å². The first-order valence-corrected chi connectivity index (χ1v) is 13.4. The van der Waals surface area contributed by atoms with E-state index in [1.54, 1.807) is 41.5 Å². The maximum absolute atomic E-state index is 13.9. The van der Waals surface area contributed by atoms with Crippen LogP contribution in [-0.4, -0.2) is 47.7 Å². The highest BCUT2D eigenvalue weighted by atomic mass is 32.2. The number of hydrogen-bond acceptors (Lipinski definition) is 6. The van der Waals surface area contributed by atoms with Crippen LogP contribution < -0.4 is 10.0 Å². The number of alkyl carbamates (subject to hydrolysis) is 1. The molecular weight excluding hydrogens is 533 g/mol. The van der Waals surface area contributed by atoms with Crippen LogP contribution in [0.4, 0.5) is 26.7 Å². The summed E-state index contributed by atoms with van der Waals surface area (Å²) in [6.45, 7) is 9.67. The molecule has 0 bridgehead atoms. The second-order valence-electron chi connectivity index (χ2n) is 11.5. The van der Waals surface area contributed by atoms with Gasteiger partial charge in [0.1, 0.15) is 10.3 Å². The highest BCUT2D eigenvalue weighted by molar-refractivity contribution is 7.90. The maximum atomic E-state index is 13.9. The molecule has 1 saturated carbocycles. The zero-order valence-electron chi connectivity index (χ0n) is 22.2. The minimum Gasteiger partial charge on any atom is -0.598 e. The third-order valence-corrected chi connectivity index (χ3v) is 7.59. The summed E-state index contributed by atoms with van der Waals surface area (Å²) >= 11 is -2.02. The molecule has 2 aromatic heterocycles. The number of aromatic nitrogens is 3. The molecule has 1 fully saturated rings. The molecule has 1 aliphatic carbocycles. The van der Waals surface area contributed by atoms with Gasteiger partial charge >= 0.3 is 12.3 Å². The van der Waals surface area contributed by atoms with Crippen LogP contribution in [0.1, 0.15) is 90.6 Å². The van der Waals surface area contributed by atoms with Crippen LogP contribution >= 0.6 is 0 Å². The smallest absolute Gasteiger partial charge is 0.412 e. The van der Waals surface area contributed by atoms with Gasteiger partial charge in [0.15, 0.2) is 11.7 Å². The lowest BCUT2D eigenvalue weighted by molar-refractivity contribution is -0.153. The first kappa shape index (κ1) is 30.4. The number of nitrogens with zero attached hydrogens (tertiary/aromatic N) is 3. The van der Waals surface area contributed by atoms with E-state index in [-0.39, 0.29) is 42.6 Å². The third-order valence-electron chi connectivity index (χ3n) is 6.03. The fraction of sp³-hybridized carbons (Fsp3) is 0.708. The SMILES string of the molecule is CC(C)(C)OC(=O)N[C@H](c1cn2ncc([C@H](N[S@+]([O-])C(C)(C)C)C(F)(F)F)cc2n1)C1CCC(F)(F)CC1. The van der Waals surface area contributed by atoms with Crippen LogP contribution in [0.5, 0.6) is 0 Å². The van der Waals surface area contributed by atoms with Gasteiger partial charge in [0.25, 0.3) is 0 Å². The molecule has 0 spiro atoms. The Morgan fingerprint density at radius 2 is 1.79 bits per heavy atom. The maximum Gasteiger partial charge on any atom is 0.412 e. The number of imidazole rings is 1. The highest BCUT2D eigenvalue weighted by Gasteiger charge is 2.46. The van der Waals surface area contributed by atoms with E-state index in [1.165, 1.54) is 16.8 Å². The molecule has 2 aromatic rings. The fourth-order valence-corrected chi connectivity index (χ4v) is 4.93. The summed E-state index contributed by atoms with van der Waals surface area (Å²) in [7, 11) is 0. The molecule has 8 nitrogen and oxygen atoms in total. The number of ether oxygens (including phenoxy) is 1. The molecule has 3 atom stereocenters. The van der Waals surface area contributed by atoms with Crippen molar-refractivity contribution in [3.63, 3.8) is 0 Å². The minimum atomic E-state index is -4.77. The second kappa shape index (κ2) is 10.8. The Kier molecular flexibility index (Phi) is 8.60. The molecule has 0 radical (unpaired) electrons. The van der Waals surface area contributed by atoms with E-state index in [2.05, 4.69) is 20.1 Å². The van der Waals surface area contributed by atoms with Crippen LogP contribution in [0, 0.1) is 5.92 Å². The minimum absolute atomic E-state index is 0.0484. The summed E-state index contributed by atoms with van der Waals surface area (Å²) in [5.74, 6) is -3.19. The van der Waals surface area contributed by atoms with Crippen molar-refractivity contribution in [1.29, 1.82) is 0 Å². The molecule has 14 heteroatoms. The van der Waals surface area contributed by atoms with Crippen molar-refractivity contribution in [2.45, 2.75) is 102 Å². The summed E-state index contributed by atoms with van der Waals surface area (Å²) in [5.41, 5.74) is -0.803. The van der Waals surface area contributed by atoms with Gasteiger partial charge in [-0.2, -0.15) is 18.3 Å². The molecule has 214 valence electrons. The van der Waals surface area contributed by atoms with Gasteiger partial charge < -0.3 is 14.6 Å². The Morgan fingerprint density at radius 1 is 1.18 bits per heavy atom. The molecule has 1 amide bonds. The number of carbonyl (C=O) groups is 1. The van der Waals surface area contributed by atoms with Crippen molar-refractivity contribution in [2.75, 3.05) is 0 Å². The predicted molar refractivity (Wildman–Crippen MR) is 132 cm³/mol. The number of hydrogen-bond donors (Lipinski definition) is 2. The number of carbonyl (C=O) groups excluding carboxylic acids is 1. The Labute approximate surface area is 221 Å². The molecule has 0 aliphatic heterocycles. The molecule has 0 aromatic carbocycles. The van der Waals surface area contributed by atoms with Gasteiger partial charge in [-0.3, -0.25) is 0 Å². The summed E-state index contributed by atoms with van der Waals surface area (Å²) in [5, 5.41) is 6.76. The number of amides is 1. The van der Waals surface area contributed by atoms with E-state index < -0.39 is 57.9 Å². The summed E-state index contributed by atoms with van der Waals surface area (Å²) in [6, 6.07) is -1.92. The Balaban J connectivity index is 1.95. The van der Waals surface area contributed by atoms with Gasteiger partial charge in [-0.15, -0.1) is 4.72 Å². The average Bonchev–Trinajstić information content (AvgIpc) is 3.16. The fourth-order valence-electron chi connectivity index (χ4n) is 4.09. The van der Waals surface area contributed by atoms with Gasteiger partial charge in [-0.25, -0.2) is 23.1 Å². The Bertz CT molecular complexity index is 1120. The van der Waals surface area contributed by atoms with Crippen LogP contribution in [0.2, 0.25) is 0 Å². The Morgan fingerprint density at radius 3 is 2.32 bits per heavy atom. The van der Waals surface area contributed by atoms with Gasteiger partial charge in [0.05, 0.1) is 24.1 Å². The first-order valence-electron chi connectivity index (χ1n) is 12.2. The normalized spacial score (nSPS) is 19.7. The Hall–Kier alpha value is -2.19. The topological polar surface area (TPSA) is 104 Å². The van der Waals surface area contributed by atoms with E-state index in [0.717, 1.165) is 6.20 Å². The van der Waals surface area contributed by atoms with Gasteiger partial charge in [0.2, 0.25) is 5.92 Å². The van der Waals surface area contributed by atoms with Gasteiger partial charge in [0, 0.05) is 29.8 Å². The van der Waals surface area contributed by atoms with Crippen molar-refractivity contribution in [3.05, 3.63) is 29.7 Å². The lowest BCUT2D eigenvalue weighted by Crippen LogP contribution is -2.45. The van der Waals surface area contributed by atoms with E-state index in [4.69, 9.17) is 4.74 Å². The average molecular weight is 568 g/mol. The van der Waals surface area contributed by atoms with Crippen LogP contribution in [0.25, 0.3) is 5.65 Å². The van der Waals surface area contributed by atoms with Crippen molar-refractivity contribution < 1.29 is 36.0 Å². The van der Waals surface area contributed by atoms with Crippen molar-refractivity contribution in [2.24, 2.45) is 5.92 Å². The van der Waals surface area contributed by atoms with E-state index >= 15 is 0 Å². The molecule has 2 heterocycles. The monoisotopic (exact) mass is 567 g/mol. The third kappa shape index (κ3) is 7.92. The zero-order chi connectivity index (χ0) is 28.7.